The quantitative estimate of drug-likeness (QED) is 0.804. The molecule has 2 aliphatic rings. The van der Waals surface area contributed by atoms with Gasteiger partial charge in [0.15, 0.2) is 0 Å². The van der Waals surface area contributed by atoms with E-state index in [2.05, 4.69) is 27.3 Å². The van der Waals surface area contributed by atoms with E-state index in [1.165, 1.54) is 0 Å². The molecule has 6 nitrogen and oxygen atoms in total. The highest BCUT2D eigenvalue weighted by molar-refractivity contribution is 7.72. The van der Waals surface area contributed by atoms with Crippen LogP contribution in [0.4, 0.5) is 11.5 Å². The highest BCUT2D eigenvalue weighted by Crippen LogP contribution is 2.38. The first-order valence-corrected chi connectivity index (χ1v) is 9.80. The fraction of sp³-hybridized carbons (Fsp3) is 0.389. The summed E-state index contributed by atoms with van der Waals surface area (Å²) in [6.07, 6.45) is 2.34. The van der Waals surface area contributed by atoms with Crippen molar-refractivity contribution in [3.63, 3.8) is 0 Å². The minimum absolute atomic E-state index is 0.0512. The molecule has 0 radical (unpaired) electrons. The number of anilines is 2. The molecule has 0 saturated carbocycles. The normalized spacial score (nSPS) is 22.7. The molecule has 2 aromatic rings. The molecule has 1 N–H and O–H groups in total. The molecule has 1 aromatic carbocycles. The summed E-state index contributed by atoms with van der Waals surface area (Å²) in [5, 5.41) is 3.37. The van der Waals surface area contributed by atoms with Gasteiger partial charge in [-0.05, 0) is 29.3 Å². The number of hydrogen-bond donors (Lipinski definition) is 2. The van der Waals surface area contributed by atoms with E-state index in [0.29, 0.717) is 6.42 Å². The summed E-state index contributed by atoms with van der Waals surface area (Å²) >= 11 is 0. The number of pyridine rings is 1. The summed E-state index contributed by atoms with van der Waals surface area (Å²) in [5.74, 6) is 0.826. The van der Waals surface area contributed by atoms with Crippen LogP contribution in [-0.4, -0.2) is 45.5 Å². The molecular formula is C18H21N3O3S. The van der Waals surface area contributed by atoms with Crippen LogP contribution in [0.1, 0.15) is 11.1 Å². The molecule has 1 saturated heterocycles. The van der Waals surface area contributed by atoms with Crippen LogP contribution >= 0.6 is 0 Å². The van der Waals surface area contributed by atoms with Crippen molar-refractivity contribution in [1.82, 2.24) is 4.98 Å². The van der Waals surface area contributed by atoms with E-state index < -0.39 is 16.2 Å². The molecule has 2 aliphatic heterocycles. The predicted molar refractivity (Wildman–Crippen MR) is 97.9 cm³/mol. The second kappa shape index (κ2) is 6.65. The van der Waals surface area contributed by atoms with Crippen molar-refractivity contribution in [2.24, 2.45) is 0 Å². The van der Waals surface area contributed by atoms with Crippen LogP contribution in [0.5, 0.6) is 0 Å². The number of hydrogen-bond acceptors (Lipinski definition) is 6. The van der Waals surface area contributed by atoms with E-state index in [-0.39, 0.29) is 5.75 Å². The molecule has 7 heteroatoms. The minimum Gasteiger partial charge on any atom is -0.378 e. The molecule has 1 fully saturated rings. The van der Waals surface area contributed by atoms with Crippen molar-refractivity contribution in [3.05, 3.63) is 53.7 Å². The van der Waals surface area contributed by atoms with E-state index in [1.54, 1.807) is 6.20 Å². The van der Waals surface area contributed by atoms with Gasteiger partial charge in [-0.1, -0.05) is 18.2 Å². The lowest BCUT2D eigenvalue weighted by molar-refractivity contribution is 0.122. The molecule has 132 valence electrons. The number of rotatable bonds is 4. The summed E-state index contributed by atoms with van der Waals surface area (Å²) in [7, 11) is -2.52. The number of benzene rings is 1. The van der Waals surface area contributed by atoms with Gasteiger partial charge in [0.25, 0.3) is 0 Å². The molecule has 1 atom stereocenters. The van der Waals surface area contributed by atoms with Crippen LogP contribution in [-0.2, 0) is 27.4 Å². The van der Waals surface area contributed by atoms with Gasteiger partial charge >= 0.3 is 0 Å². The molecule has 25 heavy (non-hydrogen) atoms. The van der Waals surface area contributed by atoms with Gasteiger partial charge in [-0.15, -0.1) is 0 Å². The summed E-state index contributed by atoms with van der Waals surface area (Å²) < 4.78 is 28.5. The predicted octanol–water partition coefficient (Wildman–Crippen LogP) is 1.39. The van der Waals surface area contributed by atoms with Gasteiger partial charge in [0.1, 0.15) is 16.5 Å². The zero-order chi connectivity index (χ0) is 17.3. The number of morpholine rings is 1. The second-order valence-electron chi connectivity index (χ2n) is 6.53. The van der Waals surface area contributed by atoms with Crippen LogP contribution in [0.2, 0.25) is 0 Å². The van der Waals surface area contributed by atoms with Gasteiger partial charge < -0.3 is 15.0 Å². The third-order valence-corrected chi connectivity index (χ3v) is 5.73. The van der Waals surface area contributed by atoms with Gasteiger partial charge in [0.2, 0.25) is 0 Å². The van der Waals surface area contributed by atoms with Crippen LogP contribution in [0.15, 0.2) is 42.6 Å². The van der Waals surface area contributed by atoms with Crippen molar-refractivity contribution >= 4 is 22.2 Å². The Bertz CT molecular complexity index is 797. The lowest BCUT2D eigenvalue weighted by Crippen LogP contribution is -2.38. The molecule has 1 unspecified atom stereocenters. The number of thiol groups is 1. The highest BCUT2D eigenvalue weighted by Gasteiger charge is 2.40. The van der Waals surface area contributed by atoms with Gasteiger partial charge in [-0.2, -0.15) is 0 Å². The van der Waals surface area contributed by atoms with Gasteiger partial charge in [0.05, 0.1) is 24.5 Å². The Morgan fingerprint density at radius 1 is 1.16 bits per heavy atom. The Labute approximate surface area is 148 Å². The highest BCUT2D eigenvalue weighted by atomic mass is 32.2. The Kier molecular flexibility index (Phi) is 4.35. The Hall–Kier alpha value is -2.12. The number of aromatic nitrogens is 1. The standard InChI is InChI=1S/C18H21N3O3S/c22-25(23)13-18(12-14-2-1-7-19-17(14)20-18)15-3-5-16(6-4-15)21-8-10-24-11-9-21/h1-7,25H,8-13H2,(H,19,20). The average Bonchev–Trinajstić information content (AvgIpc) is 3.01. The summed E-state index contributed by atoms with van der Waals surface area (Å²) in [5.41, 5.74) is 2.52. The minimum atomic E-state index is -2.52. The van der Waals surface area contributed by atoms with Gasteiger partial charge in [-0.3, -0.25) is 0 Å². The first kappa shape index (κ1) is 16.4. The van der Waals surface area contributed by atoms with E-state index in [4.69, 9.17) is 4.74 Å². The third-order valence-electron chi connectivity index (χ3n) is 4.94. The Morgan fingerprint density at radius 2 is 1.92 bits per heavy atom. The first-order valence-electron chi connectivity index (χ1n) is 8.43. The molecular weight excluding hydrogens is 338 g/mol. The molecule has 1 aromatic heterocycles. The van der Waals surface area contributed by atoms with E-state index >= 15 is 0 Å². The molecule has 3 heterocycles. The van der Waals surface area contributed by atoms with Crippen molar-refractivity contribution in [2.45, 2.75) is 12.0 Å². The van der Waals surface area contributed by atoms with Crippen LogP contribution in [0.25, 0.3) is 0 Å². The van der Waals surface area contributed by atoms with E-state index in [0.717, 1.165) is 48.9 Å². The number of nitrogens with one attached hydrogen (secondary N) is 1. The summed E-state index contributed by atoms with van der Waals surface area (Å²) in [4.78, 5) is 6.63. The summed E-state index contributed by atoms with van der Waals surface area (Å²) in [6.45, 7) is 3.24. The Balaban J connectivity index is 1.64. The smallest absolute Gasteiger partial charge is 0.142 e. The molecule has 0 bridgehead atoms. The fourth-order valence-electron chi connectivity index (χ4n) is 3.68. The van der Waals surface area contributed by atoms with Crippen LogP contribution in [0, 0.1) is 0 Å². The maximum absolute atomic E-state index is 11.6. The lowest BCUT2D eigenvalue weighted by atomic mass is 9.88. The van der Waals surface area contributed by atoms with Crippen molar-refractivity contribution in [2.75, 3.05) is 42.3 Å². The third kappa shape index (κ3) is 3.21. The number of fused-ring (bicyclic) bond motifs is 1. The van der Waals surface area contributed by atoms with Crippen molar-refractivity contribution in [1.29, 1.82) is 0 Å². The van der Waals surface area contributed by atoms with E-state index in [1.807, 2.05) is 24.3 Å². The monoisotopic (exact) mass is 359 g/mol. The van der Waals surface area contributed by atoms with Gasteiger partial charge in [-0.25, -0.2) is 13.4 Å². The van der Waals surface area contributed by atoms with Crippen molar-refractivity contribution in [3.8, 4) is 0 Å². The van der Waals surface area contributed by atoms with Crippen molar-refractivity contribution < 1.29 is 13.2 Å². The average molecular weight is 359 g/mol. The second-order valence-corrected chi connectivity index (χ2v) is 7.51. The largest absolute Gasteiger partial charge is 0.378 e. The lowest BCUT2D eigenvalue weighted by Gasteiger charge is -2.31. The topological polar surface area (TPSA) is 71.5 Å². The van der Waals surface area contributed by atoms with Gasteiger partial charge in [0, 0.05) is 31.4 Å². The summed E-state index contributed by atoms with van der Waals surface area (Å²) in [6, 6.07) is 12.1. The Morgan fingerprint density at radius 3 is 2.60 bits per heavy atom. The first-order chi connectivity index (χ1) is 12.2. The maximum Gasteiger partial charge on any atom is 0.142 e. The molecule has 4 rings (SSSR count). The molecule has 0 aliphatic carbocycles. The van der Waals surface area contributed by atoms with Crippen LogP contribution < -0.4 is 10.2 Å². The zero-order valence-corrected chi connectivity index (χ0v) is 14.7. The molecule has 0 spiro atoms. The number of ether oxygens (including phenoxy) is 1. The maximum atomic E-state index is 11.6. The zero-order valence-electron chi connectivity index (χ0n) is 13.9. The number of nitrogens with zero attached hydrogens (tertiary/aromatic N) is 2. The fourth-order valence-corrected chi connectivity index (χ4v) is 4.50. The van der Waals surface area contributed by atoms with Crippen LogP contribution in [0.3, 0.4) is 0 Å². The SMILES string of the molecule is O=[SH](=O)CC1(c2ccc(N3CCOCC3)cc2)Cc2cccnc2N1. The molecule has 0 amide bonds. The van der Waals surface area contributed by atoms with E-state index in [9.17, 15) is 8.42 Å².